The van der Waals surface area contributed by atoms with E-state index in [-0.39, 0.29) is 0 Å². The molecule has 0 spiro atoms. The second-order valence-electron chi connectivity index (χ2n) is 5.57. The summed E-state index contributed by atoms with van der Waals surface area (Å²) in [7, 11) is 0. The standard InChI is InChI=1S/C15H20ClN3OS/c16-13-9-11(15(17)21)1-2-14(13)19-4-3-12(10-19)18-5-7-20-8-6-18/h1-2,9,12H,3-8,10H2,(H2,17,21). The zero-order chi connectivity index (χ0) is 14.8. The van der Waals surface area contributed by atoms with Gasteiger partial charge in [-0.25, -0.2) is 0 Å². The van der Waals surface area contributed by atoms with Gasteiger partial charge in [0.2, 0.25) is 0 Å². The molecule has 0 bridgehead atoms. The third-order valence-electron chi connectivity index (χ3n) is 4.30. The molecule has 1 aromatic carbocycles. The van der Waals surface area contributed by atoms with E-state index in [2.05, 4.69) is 9.80 Å². The lowest BCUT2D eigenvalue weighted by Gasteiger charge is -2.32. The molecule has 2 aliphatic heterocycles. The van der Waals surface area contributed by atoms with E-state index in [9.17, 15) is 0 Å². The normalized spacial score (nSPS) is 23.5. The lowest BCUT2D eigenvalue weighted by atomic mass is 10.2. The molecule has 0 aliphatic carbocycles. The number of morpholine rings is 1. The van der Waals surface area contributed by atoms with Crippen molar-refractivity contribution in [3.05, 3.63) is 28.8 Å². The van der Waals surface area contributed by atoms with E-state index in [0.29, 0.717) is 11.0 Å². The Kier molecular flexibility index (Phi) is 4.64. The second-order valence-corrected chi connectivity index (χ2v) is 6.41. The average Bonchev–Trinajstić information content (AvgIpc) is 2.97. The van der Waals surface area contributed by atoms with E-state index in [1.807, 2.05) is 18.2 Å². The maximum Gasteiger partial charge on any atom is 0.104 e. The first kappa shape index (κ1) is 15.0. The monoisotopic (exact) mass is 325 g/mol. The fourth-order valence-corrected chi connectivity index (χ4v) is 3.54. The van der Waals surface area contributed by atoms with Crippen LogP contribution in [0.4, 0.5) is 5.69 Å². The van der Waals surface area contributed by atoms with Crippen LogP contribution in [0, 0.1) is 0 Å². The number of halogens is 1. The van der Waals surface area contributed by atoms with Crippen LogP contribution in [0.25, 0.3) is 0 Å². The highest BCUT2D eigenvalue weighted by Crippen LogP contribution is 2.31. The van der Waals surface area contributed by atoms with Gasteiger partial charge in [0.1, 0.15) is 4.99 Å². The number of hydrogen-bond donors (Lipinski definition) is 1. The van der Waals surface area contributed by atoms with Crippen molar-refractivity contribution < 1.29 is 4.74 Å². The SMILES string of the molecule is NC(=S)c1ccc(N2CCC(N3CCOCC3)C2)c(Cl)c1. The summed E-state index contributed by atoms with van der Waals surface area (Å²) < 4.78 is 5.43. The van der Waals surface area contributed by atoms with Crippen LogP contribution >= 0.6 is 23.8 Å². The number of rotatable bonds is 3. The van der Waals surface area contributed by atoms with Crippen molar-refractivity contribution in [1.82, 2.24) is 4.90 Å². The second kappa shape index (κ2) is 6.48. The molecule has 1 aromatic rings. The molecular formula is C15H20ClN3OS. The molecule has 114 valence electrons. The van der Waals surface area contributed by atoms with Gasteiger partial charge >= 0.3 is 0 Å². The number of benzene rings is 1. The van der Waals surface area contributed by atoms with Crippen molar-refractivity contribution in [2.24, 2.45) is 5.73 Å². The summed E-state index contributed by atoms with van der Waals surface area (Å²) in [5.41, 5.74) is 7.54. The summed E-state index contributed by atoms with van der Waals surface area (Å²) in [6, 6.07) is 6.44. The van der Waals surface area contributed by atoms with Crippen LogP contribution in [-0.2, 0) is 4.74 Å². The Morgan fingerprint density at radius 3 is 2.71 bits per heavy atom. The zero-order valence-corrected chi connectivity index (χ0v) is 13.5. The molecule has 2 aliphatic rings. The van der Waals surface area contributed by atoms with Crippen molar-refractivity contribution in [2.75, 3.05) is 44.3 Å². The van der Waals surface area contributed by atoms with Crippen LogP contribution in [-0.4, -0.2) is 55.3 Å². The van der Waals surface area contributed by atoms with Gasteiger partial charge in [-0.1, -0.05) is 23.8 Å². The van der Waals surface area contributed by atoms with Gasteiger partial charge < -0.3 is 15.4 Å². The largest absolute Gasteiger partial charge is 0.389 e. The molecule has 0 saturated carbocycles. The fraction of sp³-hybridized carbons (Fsp3) is 0.533. The molecule has 6 heteroatoms. The Labute approximate surface area is 135 Å². The molecule has 2 heterocycles. The molecule has 0 amide bonds. The van der Waals surface area contributed by atoms with Gasteiger partial charge in [0.15, 0.2) is 0 Å². The van der Waals surface area contributed by atoms with Crippen LogP contribution in [0.15, 0.2) is 18.2 Å². The highest BCUT2D eigenvalue weighted by Gasteiger charge is 2.29. The summed E-state index contributed by atoms with van der Waals surface area (Å²) in [5.74, 6) is 0. The van der Waals surface area contributed by atoms with E-state index >= 15 is 0 Å². The highest BCUT2D eigenvalue weighted by atomic mass is 35.5. The van der Waals surface area contributed by atoms with E-state index < -0.39 is 0 Å². The maximum absolute atomic E-state index is 6.40. The van der Waals surface area contributed by atoms with Crippen LogP contribution in [0.5, 0.6) is 0 Å². The summed E-state index contributed by atoms with van der Waals surface area (Å²) in [6.07, 6.45) is 1.17. The molecule has 2 saturated heterocycles. The molecule has 1 unspecified atom stereocenters. The van der Waals surface area contributed by atoms with Gasteiger partial charge in [-0.3, -0.25) is 4.90 Å². The Bertz CT molecular complexity index is 534. The summed E-state index contributed by atoms with van der Waals surface area (Å²) in [6.45, 7) is 5.82. The molecule has 2 N–H and O–H groups in total. The molecule has 4 nitrogen and oxygen atoms in total. The maximum atomic E-state index is 6.40. The third-order valence-corrected chi connectivity index (χ3v) is 4.84. The highest BCUT2D eigenvalue weighted by molar-refractivity contribution is 7.80. The minimum absolute atomic E-state index is 0.385. The smallest absolute Gasteiger partial charge is 0.104 e. The lowest BCUT2D eigenvalue weighted by Crippen LogP contribution is -2.44. The number of anilines is 1. The summed E-state index contributed by atoms with van der Waals surface area (Å²) in [4.78, 5) is 5.27. The number of ether oxygens (including phenoxy) is 1. The van der Waals surface area contributed by atoms with Gasteiger partial charge in [0.05, 0.1) is 23.9 Å². The number of nitrogens with zero attached hydrogens (tertiary/aromatic N) is 2. The summed E-state index contributed by atoms with van der Waals surface area (Å²) >= 11 is 11.4. The number of nitrogens with two attached hydrogens (primary N) is 1. The van der Waals surface area contributed by atoms with E-state index in [0.717, 1.165) is 55.7 Å². The van der Waals surface area contributed by atoms with E-state index in [1.54, 1.807) is 0 Å². The van der Waals surface area contributed by atoms with Crippen LogP contribution in [0.1, 0.15) is 12.0 Å². The van der Waals surface area contributed by atoms with Gasteiger partial charge in [0, 0.05) is 37.8 Å². The van der Waals surface area contributed by atoms with E-state index in [1.165, 1.54) is 6.42 Å². The Balaban J connectivity index is 1.69. The first-order chi connectivity index (χ1) is 10.1. The molecule has 21 heavy (non-hydrogen) atoms. The van der Waals surface area contributed by atoms with Crippen LogP contribution in [0.2, 0.25) is 5.02 Å². The van der Waals surface area contributed by atoms with Crippen LogP contribution in [0.3, 0.4) is 0 Å². The molecule has 0 radical (unpaired) electrons. The predicted octanol–water partition coefficient (Wildman–Crippen LogP) is 1.89. The van der Waals surface area contributed by atoms with Crippen molar-refractivity contribution in [2.45, 2.75) is 12.5 Å². The Morgan fingerprint density at radius 1 is 1.29 bits per heavy atom. The van der Waals surface area contributed by atoms with Crippen molar-refractivity contribution in [1.29, 1.82) is 0 Å². The number of hydrogen-bond acceptors (Lipinski definition) is 4. The minimum atomic E-state index is 0.385. The van der Waals surface area contributed by atoms with Gasteiger partial charge in [-0.2, -0.15) is 0 Å². The average molecular weight is 326 g/mol. The predicted molar refractivity (Wildman–Crippen MR) is 90.3 cm³/mol. The summed E-state index contributed by atoms with van der Waals surface area (Å²) in [5, 5.41) is 0.725. The molecule has 1 atom stereocenters. The third kappa shape index (κ3) is 3.31. The first-order valence-corrected chi connectivity index (χ1v) is 8.10. The minimum Gasteiger partial charge on any atom is -0.389 e. The van der Waals surface area contributed by atoms with Crippen molar-refractivity contribution in [3.8, 4) is 0 Å². The van der Waals surface area contributed by atoms with Gasteiger partial charge in [0.25, 0.3) is 0 Å². The lowest BCUT2D eigenvalue weighted by molar-refractivity contribution is 0.0209. The van der Waals surface area contributed by atoms with Gasteiger partial charge in [-0.05, 0) is 24.6 Å². The quantitative estimate of drug-likeness (QED) is 0.860. The van der Waals surface area contributed by atoms with Crippen molar-refractivity contribution in [3.63, 3.8) is 0 Å². The first-order valence-electron chi connectivity index (χ1n) is 7.31. The molecule has 0 aromatic heterocycles. The topological polar surface area (TPSA) is 41.7 Å². The molecular weight excluding hydrogens is 306 g/mol. The van der Waals surface area contributed by atoms with Crippen LogP contribution < -0.4 is 10.6 Å². The fourth-order valence-electron chi connectivity index (χ4n) is 3.12. The Morgan fingerprint density at radius 2 is 2.05 bits per heavy atom. The van der Waals surface area contributed by atoms with Gasteiger partial charge in [-0.15, -0.1) is 0 Å². The van der Waals surface area contributed by atoms with Crippen molar-refractivity contribution >= 4 is 34.5 Å². The van der Waals surface area contributed by atoms with E-state index in [4.69, 9.17) is 34.3 Å². The molecule has 2 fully saturated rings. The zero-order valence-electron chi connectivity index (χ0n) is 11.9. The number of thiocarbonyl (C=S) groups is 1. The Hall–Kier alpha value is -0.880. The molecule has 3 rings (SSSR count).